The van der Waals surface area contributed by atoms with Crippen molar-refractivity contribution >= 4 is 74.4 Å². The predicted molar refractivity (Wildman–Crippen MR) is 294 cm³/mol. The number of methoxy groups -OCH3 is 1. The first-order valence-electron chi connectivity index (χ1n) is 23.5. The van der Waals surface area contributed by atoms with Crippen LogP contribution in [0.4, 0.5) is 11.5 Å². The smallest absolute Gasteiger partial charge is 0.428 e. The SMILES string of the molecule is C#CCCCP(=O)(OCC)OCC.CCOP(=O)(CCCC#Cc1ccc(-n2c(=O)oc3c(c2=O)N(C)S(=O)(=O)c2ccccc2-3)nc1)OCC.COC(=O)C1=C(O)c2ccccc2S(=O)(=O)N1C.Nc1ccc(Br)cn1. The van der Waals surface area contributed by atoms with Gasteiger partial charge in [-0.15, -0.1) is 12.3 Å². The number of nitrogen functional groups attached to an aromatic ring is 1. The Morgan fingerprint density at radius 1 is 0.766 bits per heavy atom. The molecule has 2 aromatic carbocycles. The third-order valence-corrected chi connectivity index (χ3v) is 19.0. The molecule has 414 valence electrons. The summed E-state index contributed by atoms with van der Waals surface area (Å²) in [7, 11) is -10.3. The van der Waals surface area contributed by atoms with Crippen LogP contribution in [0, 0.1) is 24.2 Å². The van der Waals surface area contributed by atoms with Crippen LogP contribution in [0.15, 0.2) is 119 Å². The molecule has 0 saturated heterocycles. The zero-order valence-corrected chi connectivity index (χ0v) is 48.2. The number of esters is 1. The monoisotopic (exact) mass is 1200 g/mol. The zero-order chi connectivity index (χ0) is 57.1. The van der Waals surface area contributed by atoms with E-state index in [1.807, 2.05) is 6.07 Å². The minimum atomic E-state index is -4.02. The fraction of sp³-hybridized carbons (Fsp3) is 0.340. The molecule has 0 bridgehead atoms. The topological polar surface area (TPSA) is 296 Å². The van der Waals surface area contributed by atoms with Gasteiger partial charge in [0, 0.05) is 60.5 Å². The summed E-state index contributed by atoms with van der Waals surface area (Å²) in [6, 6.07) is 18.5. The summed E-state index contributed by atoms with van der Waals surface area (Å²) >= 11 is 3.23. The molecule has 0 atom stereocenters. The quantitative estimate of drug-likeness (QED) is 0.0407. The van der Waals surface area contributed by atoms with Crippen molar-refractivity contribution in [1.29, 1.82) is 0 Å². The Labute approximate surface area is 455 Å². The largest absolute Gasteiger partial charge is 0.505 e. The number of fused-ring (bicyclic) bond motifs is 4. The lowest BCUT2D eigenvalue weighted by Gasteiger charge is -2.27. The highest BCUT2D eigenvalue weighted by atomic mass is 79.9. The first kappa shape index (κ1) is 63.2. The van der Waals surface area contributed by atoms with Gasteiger partial charge in [-0.25, -0.2) is 36.4 Å². The molecule has 77 heavy (non-hydrogen) atoms. The Bertz CT molecular complexity index is 3430. The number of sulfonamides is 2. The Balaban J connectivity index is 0.000000268. The highest BCUT2D eigenvalue weighted by Gasteiger charge is 2.39. The minimum Gasteiger partial charge on any atom is -0.505 e. The number of carbonyl (C=O) groups is 1. The van der Waals surface area contributed by atoms with Crippen molar-refractivity contribution in [1.82, 2.24) is 18.8 Å². The fourth-order valence-corrected chi connectivity index (χ4v) is 13.4. The maximum atomic E-state index is 13.3. The van der Waals surface area contributed by atoms with Crippen molar-refractivity contribution in [3.63, 3.8) is 0 Å². The van der Waals surface area contributed by atoms with Crippen LogP contribution in [-0.4, -0.2) is 107 Å². The third kappa shape index (κ3) is 16.1. The summed E-state index contributed by atoms with van der Waals surface area (Å²) in [5, 5.41) is 10.00. The van der Waals surface area contributed by atoms with E-state index in [-0.39, 0.29) is 44.3 Å². The van der Waals surface area contributed by atoms with Crippen LogP contribution in [0.2, 0.25) is 0 Å². The van der Waals surface area contributed by atoms with Crippen LogP contribution in [0.5, 0.6) is 0 Å². The molecule has 22 nitrogen and oxygen atoms in total. The number of terminal acetylenes is 1. The molecule has 0 unspecified atom stereocenters. The molecule has 7 rings (SSSR count). The van der Waals surface area contributed by atoms with Gasteiger partial charge in [0.05, 0.1) is 55.7 Å². The number of rotatable bonds is 16. The van der Waals surface area contributed by atoms with Gasteiger partial charge in [0.25, 0.3) is 25.6 Å². The number of unbranched alkanes of at least 4 members (excludes halogenated alkanes) is 2. The highest BCUT2D eigenvalue weighted by Crippen LogP contribution is 2.49. The second-order valence-electron chi connectivity index (χ2n) is 15.7. The zero-order valence-electron chi connectivity index (χ0n) is 43.2. The average Bonchev–Trinajstić information content (AvgIpc) is 3.40. The Kier molecular flexibility index (Phi) is 23.7. The normalized spacial score (nSPS) is 13.7. The third-order valence-electron chi connectivity index (χ3n) is 10.5. The summed E-state index contributed by atoms with van der Waals surface area (Å²) in [6.45, 7) is 8.52. The summed E-state index contributed by atoms with van der Waals surface area (Å²) in [5.74, 6) is 6.44. The van der Waals surface area contributed by atoms with Gasteiger partial charge in [0.15, 0.2) is 22.9 Å². The Hall–Kier alpha value is -6.37. The van der Waals surface area contributed by atoms with Crippen LogP contribution >= 0.6 is 31.1 Å². The van der Waals surface area contributed by atoms with E-state index in [9.17, 15) is 45.5 Å². The predicted octanol–water partition coefficient (Wildman–Crippen LogP) is 8.20. The molecule has 2 aliphatic heterocycles. The number of aromatic nitrogens is 3. The Morgan fingerprint density at radius 2 is 1.30 bits per heavy atom. The number of pyridine rings is 2. The number of likely N-dealkylation sites (N-methyl/N-ethyl adjacent to an activating group) is 1. The van der Waals surface area contributed by atoms with Gasteiger partial charge in [-0.05, 0) is 105 Å². The number of benzene rings is 2. The second-order valence-corrected chi connectivity index (χ2v) is 24.8. The minimum absolute atomic E-state index is 0.0438. The van der Waals surface area contributed by atoms with Gasteiger partial charge < -0.3 is 38.1 Å². The van der Waals surface area contributed by atoms with Crippen LogP contribution in [0.3, 0.4) is 0 Å². The fourth-order valence-electron chi connectivity index (χ4n) is 7.02. The number of anilines is 2. The molecule has 0 aliphatic carbocycles. The van der Waals surface area contributed by atoms with Gasteiger partial charge in [0.2, 0.25) is 0 Å². The van der Waals surface area contributed by atoms with Gasteiger partial charge in [-0.1, -0.05) is 36.1 Å². The maximum Gasteiger partial charge on any atom is 0.428 e. The van der Waals surface area contributed by atoms with E-state index in [4.69, 9.17) is 34.7 Å². The molecule has 0 saturated carbocycles. The van der Waals surface area contributed by atoms with Gasteiger partial charge in [-0.2, -0.15) is 4.57 Å². The van der Waals surface area contributed by atoms with E-state index in [2.05, 4.69) is 48.4 Å². The summed E-state index contributed by atoms with van der Waals surface area (Å²) in [4.78, 5) is 45.5. The lowest BCUT2D eigenvalue weighted by molar-refractivity contribution is -0.137. The number of nitrogens with two attached hydrogens (primary N) is 1. The standard InChI is InChI=1S/C25H26N3O8PS.C11H11NO5S.C9H17O3P.C5H5BrN2/c1-4-34-37(31,35-5-2)16-10-6-7-11-18-14-15-21(26-17-18)28-24(29)22-23(36-25(28)30)19-12-8-9-13-20(19)38(32,33)27(22)3;1-12-9(11(14)17-2)10(13)7-5-3-4-6-8(7)18(12,15)16;1-4-7-8-9-13(10,11-5-2)12-6-3;6-4-1-2-5(7)8-3-4/h8-9,12-15,17H,4-6,10,16H2,1-3H3;3-6,13H,1-2H3;1H,5-9H2,2-3H3;1-3H,(H2,7,8). The number of carbonyl (C=O) groups excluding carboxylic acids is 1. The van der Waals surface area contributed by atoms with Crippen LogP contribution in [0.1, 0.15) is 64.5 Å². The van der Waals surface area contributed by atoms with E-state index >= 15 is 0 Å². The number of aliphatic hydroxyl groups excluding tert-OH is 1. The molecule has 3 N–H and O–H groups in total. The summed E-state index contributed by atoms with van der Waals surface area (Å²) in [5.41, 5.74) is 4.49. The molecule has 5 aromatic rings. The van der Waals surface area contributed by atoms with Gasteiger partial charge in [0.1, 0.15) is 11.6 Å². The summed E-state index contributed by atoms with van der Waals surface area (Å²) in [6.07, 6.45) is 11.1. The maximum absolute atomic E-state index is 13.3. The molecule has 0 fully saturated rings. The van der Waals surface area contributed by atoms with E-state index in [1.165, 1.54) is 50.6 Å². The molecule has 0 spiro atoms. The lowest BCUT2D eigenvalue weighted by Crippen LogP contribution is -2.41. The van der Waals surface area contributed by atoms with E-state index in [0.717, 1.165) is 20.2 Å². The van der Waals surface area contributed by atoms with Crippen molar-refractivity contribution in [3.05, 3.63) is 127 Å². The van der Waals surface area contributed by atoms with Crippen molar-refractivity contribution in [2.24, 2.45) is 0 Å². The number of hydrogen-bond acceptors (Lipinski definition) is 19. The number of halogens is 1. The lowest BCUT2D eigenvalue weighted by atomic mass is 10.1. The number of hydrogen-bond donors (Lipinski definition) is 2. The molecule has 2 aliphatic rings. The van der Waals surface area contributed by atoms with Crippen LogP contribution in [-0.2, 0) is 56.8 Å². The van der Waals surface area contributed by atoms with E-state index in [0.29, 0.717) is 74.2 Å². The van der Waals surface area contributed by atoms with Crippen LogP contribution < -0.4 is 21.4 Å². The highest BCUT2D eigenvalue weighted by molar-refractivity contribution is 9.10. The first-order valence-corrected chi connectivity index (χ1v) is 30.6. The Morgan fingerprint density at radius 3 is 1.79 bits per heavy atom. The van der Waals surface area contributed by atoms with Crippen molar-refractivity contribution in [2.75, 3.05) is 70.0 Å². The molecule has 0 radical (unpaired) electrons. The molecule has 27 heteroatoms. The van der Waals surface area contributed by atoms with E-state index in [1.54, 1.807) is 70.3 Å². The van der Waals surface area contributed by atoms with Gasteiger partial charge in [-0.3, -0.25) is 22.5 Å². The molecule has 3 aromatic heterocycles. The number of nitrogens with zero attached hydrogens (tertiary/aromatic N) is 5. The molecule has 5 heterocycles. The second kappa shape index (κ2) is 28.8. The van der Waals surface area contributed by atoms with Crippen molar-refractivity contribution in [2.45, 2.75) is 63.2 Å². The van der Waals surface area contributed by atoms with E-state index < -0.39 is 64.0 Å². The average molecular weight is 1210 g/mol. The summed E-state index contributed by atoms with van der Waals surface area (Å²) < 4.78 is 108. The molecule has 0 amide bonds. The van der Waals surface area contributed by atoms with Gasteiger partial charge >= 0.3 is 26.9 Å². The van der Waals surface area contributed by atoms with Crippen molar-refractivity contribution < 1.29 is 63.1 Å². The molecular formula is C50H59BrN6O16P2S2. The van der Waals surface area contributed by atoms with Crippen molar-refractivity contribution in [3.8, 4) is 41.3 Å². The van der Waals surface area contributed by atoms with Crippen LogP contribution in [0.25, 0.3) is 22.9 Å². The first-order chi connectivity index (χ1) is 36.5. The number of ether oxygens (including phenoxy) is 1. The molecular weight excluding hydrogens is 1150 g/mol. The number of aliphatic hydroxyl groups is 1.